The van der Waals surface area contributed by atoms with Crippen LogP contribution < -0.4 is 0 Å². The van der Waals surface area contributed by atoms with Crippen molar-refractivity contribution in [1.29, 1.82) is 10.5 Å². The van der Waals surface area contributed by atoms with E-state index in [1.54, 1.807) is 0 Å². The summed E-state index contributed by atoms with van der Waals surface area (Å²) in [5.41, 5.74) is 22.8. The molecular weight excluding hydrogens is 1040 g/mol. The Balaban J connectivity index is 1.18. The van der Waals surface area contributed by atoms with Crippen LogP contribution in [0.2, 0.25) is 0 Å². The fourth-order valence-corrected chi connectivity index (χ4v) is 16.0. The Bertz CT molecular complexity index is 4980. The van der Waals surface area contributed by atoms with Crippen molar-refractivity contribution < 1.29 is 0 Å². The molecule has 0 N–H and O–H groups in total. The second kappa shape index (κ2) is 20.2. The highest BCUT2D eigenvalue weighted by atomic mass is 15.1. The molecule has 0 atom stereocenters. The molecule has 0 bridgehead atoms. The standard InChI is InChI=1S/C80H60N6/c81-49-51-37-41-55(42-38-51)72-71(53-21-5-1-6-22-53)73(56-43-39-52(50-82)40-44-56)80(86-66-34-18-14-30-60(66)62-46-48-70-76(78(62)86)64-32-16-20-36-68(64)84(70)58-27-11-4-12-28-58)74(54-23-7-2-8-24-54)79(72)85-65-33-17-13-29-59(65)61-45-47-69-75(77(61)85)63-31-15-19-35-67(63)83(69)57-25-9-3-10-26-57/h3-4,9-20,25-48,53-54H,1-2,5-8,21-24H2. The zero-order valence-corrected chi connectivity index (χ0v) is 47.8. The lowest BCUT2D eigenvalue weighted by molar-refractivity contribution is 0.439. The number of nitrogens with zero attached hydrogens (tertiary/aromatic N) is 6. The van der Waals surface area contributed by atoms with Crippen LogP contribution in [-0.2, 0) is 0 Å². The molecule has 0 spiro atoms. The smallest absolute Gasteiger partial charge is 0.0991 e. The van der Waals surface area contributed by atoms with E-state index in [0.29, 0.717) is 11.1 Å². The van der Waals surface area contributed by atoms with Gasteiger partial charge in [-0.1, -0.05) is 184 Å². The number of rotatable bonds is 8. The van der Waals surface area contributed by atoms with E-state index in [0.717, 1.165) is 84.9 Å². The first-order chi connectivity index (χ1) is 42.7. The molecule has 410 valence electrons. The van der Waals surface area contributed by atoms with E-state index in [1.807, 2.05) is 24.3 Å². The lowest BCUT2D eigenvalue weighted by Gasteiger charge is -2.37. The summed E-state index contributed by atoms with van der Waals surface area (Å²) in [6.45, 7) is 0. The highest BCUT2D eigenvalue weighted by molar-refractivity contribution is 6.28. The summed E-state index contributed by atoms with van der Waals surface area (Å²) < 4.78 is 10.5. The van der Waals surface area contributed by atoms with E-state index in [9.17, 15) is 10.5 Å². The molecule has 17 rings (SSSR count). The van der Waals surface area contributed by atoms with Crippen LogP contribution in [0.1, 0.15) is 98.3 Å². The predicted molar refractivity (Wildman–Crippen MR) is 356 cm³/mol. The van der Waals surface area contributed by atoms with Crippen molar-refractivity contribution in [2.24, 2.45) is 0 Å². The Labute approximate surface area is 499 Å². The second-order valence-electron chi connectivity index (χ2n) is 24.1. The summed E-state index contributed by atoms with van der Waals surface area (Å²) in [5.74, 6) is 0.324. The minimum atomic E-state index is 0.144. The monoisotopic (exact) mass is 1100 g/mol. The second-order valence-corrected chi connectivity index (χ2v) is 24.1. The molecule has 15 aromatic rings. The number of benzene rings is 11. The largest absolute Gasteiger partial charge is 0.309 e. The van der Waals surface area contributed by atoms with Crippen molar-refractivity contribution in [3.05, 3.63) is 253 Å². The summed E-state index contributed by atoms with van der Waals surface area (Å²) >= 11 is 0. The number of aromatic nitrogens is 4. The van der Waals surface area contributed by atoms with Gasteiger partial charge in [0.15, 0.2) is 0 Å². The molecule has 2 fully saturated rings. The van der Waals surface area contributed by atoms with Crippen molar-refractivity contribution in [3.8, 4) is 57.1 Å². The molecule has 4 aromatic heterocycles. The molecule has 2 saturated carbocycles. The van der Waals surface area contributed by atoms with Crippen LogP contribution in [0, 0.1) is 22.7 Å². The molecule has 0 saturated heterocycles. The highest BCUT2D eigenvalue weighted by Gasteiger charge is 2.38. The first-order valence-corrected chi connectivity index (χ1v) is 30.9. The van der Waals surface area contributed by atoms with Crippen LogP contribution in [0.25, 0.3) is 132 Å². The van der Waals surface area contributed by atoms with Crippen molar-refractivity contribution in [1.82, 2.24) is 18.3 Å². The zero-order valence-electron chi connectivity index (χ0n) is 47.8. The van der Waals surface area contributed by atoms with Gasteiger partial charge in [-0.2, -0.15) is 10.5 Å². The predicted octanol–water partition coefficient (Wildman–Crippen LogP) is 21.2. The Kier molecular flexibility index (Phi) is 11.8. The molecule has 6 heteroatoms. The van der Waals surface area contributed by atoms with E-state index in [2.05, 4.69) is 237 Å². The topological polar surface area (TPSA) is 67.3 Å². The highest BCUT2D eigenvalue weighted by Crippen LogP contribution is 2.57. The molecule has 11 aromatic carbocycles. The van der Waals surface area contributed by atoms with Gasteiger partial charge in [0.1, 0.15) is 0 Å². The molecule has 0 radical (unpaired) electrons. The van der Waals surface area contributed by atoms with Crippen LogP contribution in [0.3, 0.4) is 0 Å². The van der Waals surface area contributed by atoms with Gasteiger partial charge in [-0.3, -0.25) is 0 Å². The average Bonchev–Trinajstić information content (AvgIpc) is 1.61. The number of hydrogen-bond acceptors (Lipinski definition) is 2. The first-order valence-electron chi connectivity index (χ1n) is 30.9. The van der Waals surface area contributed by atoms with Gasteiger partial charge in [0.2, 0.25) is 0 Å². The van der Waals surface area contributed by atoms with E-state index in [4.69, 9.17) is 0 Å². The van der Waals surface area contributed by atoms with Crippen LogP contribution in [0.4, 0.5) is 0 Å². The van der Waals surface area contributed by atoms with E-state index in [-0.39, 0.29) is 11.8 Å². The first kappa shape index (κ1) is 50.1. The Hall–Kier alpha value is -10.4. The molecule has 86 heavy (non-hydrogen) atoms. The Morgan fingerprint density at radius 2 is 0.640 bits per heavy atom. The zero-order chi connectivity index (χ0) is 57.0. The third-order valence-corrected chi connectivity index (χ3v) is 19.6. The van der Waals surface area contributed by atoms with Crippen LogP contribution in [0.5, 0.6) is 0 Å². The lowest BCUT2D eigenvalue weighted by Crippen LogP contribution is -2.19. The molecular formula is C80H60N6. The molecule has 6 nitrogen and oxygen atoms in total. The van der Waals surface area contributed by atoms with Gasteiger partial charge >= 0.3 is 0 Å². The Morgan fingerprint density at radius 1 is 0.291 bits per heavy atom. The number of para-hydroxylation sites is 6. The Morgan fingerprint density at radius 3 is 1.03 bits per heavy atom. The van der Waals surface area contributed by atoms with Gasteiger partial charge in [-0.05, 0) is 139 Å². The molecule has 0 amide bonds. The van der Waals surface area contributed by atoms with Gasteiger partial charge < -0.3 is 18.3 Å². The van der Waals surface area contributed by atoms with Crippen LogP contribution in [0.15, 0.2) is 231 Å². The lowest BCUT2D eigenvalue weighted by atomic mass is 9.72. The average molecular weight is 1110 g/mol. The minimum absolute atomic E-state index is 0.144. The van der Waals surface area contributed by atoms with Crippen molar-refractivity contribution in [2.45, 2.75) is 76.0 Å². The van der Waals surface area contributed by atoms with E-state index in [1.165, 1.54) is 123 Å². The van der Waals surface area contributed by atoms with Gasteiger partial charge in [0, 0.05) is 71.2 Å². The molecule has 2 aliphatic rings. The molecule has 4 heterocycles. The van der Waals surface area contributed by atoms with Gasteiger partial charge in [-0.25, -0.2) is 0 Å². The fourth-order valence-electron chi connectivity index (χ4n) is 16.0. The minimum Gasteiger partial charge on any atom is -0.309 e. The summed E-state index contributed by atoms with van der Waals surface area (Å²) in [7, 11) is 0. The summed E-state index contributed by atoms with van der Waals surface area (Å²) in [6, 6.07) is 89.9. The van der Waals surface area contributed by atoms with Gasteiger partial charge in [-0.15, -0.1) is 0 Å². The van der Waals surface area contributed by atoms with Crippen molar-refractivity contribution in [3.63, 3.8) is 0 Å². The maximum atomic E-state index is 10.6. The summed E-state index contributed by atoms with van der Waals surface area (Å²) in [6.07, 6.45) is 11.0. The fraction of sp³-hybridized carbons (Fsp3) is 0.150. The van der Waals surface area contributed by atoms with Crippen LogP contribution in [-0.4, -0.2) is 18.3 Å². The van der Waals surface area contributed by atoms with Crippen LogP contribution >= 0.6 is 0 Å². The van der Waals surface area contributed by atoms with E-state index < -0.39 is 0 Å². The van der Waals surface area contributed by atoms with Crippen molar-refractivity contribution in [2.75, 3.05) is 0 Å². The third kappa shape index (κ3) is 7.49. The molecule has 0 unspecified atom stereocenters. The maximum Gasteiger partial charge on any atom is 0.0991 e. The normalized spacial score (nSPS) is 14.4. The van der Waals surface area contributed by atoms with Crippen molar-refractivity contribution >= 4 is 87.2 Å². The van der Waals surface area contributed by atoms with E-state index >= 15 is 0 Å². The number of nitriles is 2. The number of fused-ring (bicyclic) bond motifs is 14. The molecule has 2 aliphatic carbocycles. The van der Waals surface area contributed by atoms with Gasteiger partial charge in [0.05, 0.1) is 78.8 Å². The third-order valence-electron chi connectivity index (χ3n) is 19.6. The summed E-state index contributed by atoms with van der Waals surface area (Å²) in [5, 5.41) is 30.8. The summed E-state index contributed by atoms with van der Waals surface area (Å²) in [4.78, 5) is 0. The van der Waals surface area contributed by atoms with Gasteiger partial charge in [0.25, 0.3) is 0 Å². The molecule has 0 aliphatic heterocycles. The SMILES string of the molecule is N#Cc1ccc(-c2c(C3CCCCC3)c(-c3ccc(C#N)cc3)c(-n3c4ccccc4c4ccc5c(c6ccccc6n5-c5ccccc5)c43)c(C3CCCCC3)c2-n2c3ccccc3c3ccc4c(c5ccccc5n4-c4ccccc4)c32)cc1. The maximum absolute atomic E-state index is 10.6. The number of hydrogen-bond donors (Lipinski definition) is 0. The quantitative estimate of drug-likeness (QED) is 0.152.